The van der Waals surface area contributed by atoms with E-state index in [1.807, 2.05) is 0 Å². The number of hydrogen-bond donors (Lipinski definition) is 5. The van der Waals surface area contributed by atoms with Gasteiger partial charge < -0.3 is 30.3 Å². The first-order chi connectivity index (χ1) is 8.35. The highest BCUT2D eigenvalue weighted by atomic mass is 16.5. The number of rotatable bonds is 6. The molecule has 0 aromatic heterocycles. The maximum Gasteiger partial charge on any atom is 0.314 e. The zero-order chi connectivity index (χ0) is 15.0. The van der Waals surface area contributed by atoms with E-state index < -0.39 is 24.5 Å². The van der Waals surface area contributed by atoms with Crippen molar-refractivity contribution in [1.29, 1.82) is 0 Å². The van der Waals surface area contributed by atoms with Crippen LogP contribution in [0.4, 0.5) is 0 Å². The maximum atomic E-state index is 9.43. The minimum absolute atomic E-state index is 0.365. The van der Waals surface area contributed by atoms with E-state index in [1.54, 1.807) is 6.92 Å². The summed E-state index contributed by atoms with van der Waals surface area (Å²) in [4.78, 5) is 28.0. The molecule has 0 atom stereocenters. The summed E-state index contributed by atoms with van der Waals surface area (Å²) in [5.41, 5.74) is 0. The van der Waals surface area contributed by atoms with E-state index in [-0.39, 0.29) is 13.2 Å². The summed E-state index contributed by atoms with van der Waals surface area (Å²) in [6.07, 6.45) is -1.76. The quantitative estimate of drug-likeness (QED) is 0.273. The van der Waals surface area contributed by atoms with Gasteiger partial charge in [-0.05, 0) is 6.92 Å². The zero-order valence-corrected chi connectivity index (χ0v) is 9.85. The van der Waals surface area contributed by atoms with Crippen molar-refractivity contribution in [2.75, 3.05) is 19.8 Å². The summed E-state index contributed by atoms with van der Waals surface area (Å²) < 4.78 is 4.15. The fraction of sp³-hybridized carbons (Fsp3) is 0.667. The molecule has 0 heterocycles. The molecule has 5 N–H and O–H groups in total. The van der Waals surface area contributed by atoms with E-state index in [2.05, 4.69) is 4.74 Å². The largest absolute Gasteiger partial charge is 0.481 e. The summed E-state index contributed by atoms with van der Waals surface area (Å²) in [6.45, 7) is 1.94. The van der Waals surface area contributed by atoms with Crippen LogP contribution in [0.15, 0.2) is 0 Å². The molecule has 0 amide bonds. The minimum atomic E-state index is -1.31. The second-order valence-corrected chi connectivity index (χ2v) is 2.53. The van der Waals surface area contributed by atoms with Gasteiger partial charge in [-0.1, -0.05) is 0 Å². The van der Waals surface area contributed by atoms with Crippen molar-refractivity contribution in [3.05, 3.63) is 0 Å². The van der Waals surface area contributed by atoms with Crippen molar-refractivity contribution >= 4 is 18.4 Å². The minimum Gasteiger partial charge on any atom is -0.481 e. The standard InChI is InChI=1S/C3H4O4.C3H8O3.C3H6O2/c4-2(5)1-3(6)7;4-1-3(6)2-5;1-2-5-3-4/h1H2,(H,4,5)(H,6,7);3-6H,1-2H2;3H,2H2,1H3. The molecule has 0 fully saturated rings. The van der Waals surface area contributed by atoms with Gasteiger partial charge in [0.1, 0.15) is 12.5 Å². The lowest BCUT2D eigenvalue weighted by Crippen LogP contribution is -2.15. The van der Waals surface area contributed by atoms with Crippen molar-refractivity contribution in [2.45, 2.75) is 19.4 Å². The highest BCUT2D eigenvalue weighted by Crippen LogP contribution is 1.74. The first-order valence-corrected chi connectivity index (χ1v) is 4.74. The monoisotopic (exact) mass is 270 g/mol. The Bertz CT molecular complexity index is 200. The van der Waals surface area contributed by atoms with Crippen LogP contribution in [0.1, 0.15) is 13.3 Å². The third kappa shape index (κ3) is 36.7. The molecule has 108 valence electrons. The van der Waals surface area contributed by atoms with E-state index >= 15 is 0 Å². The molecule has 0 radical (unpaired) electrons. The van der Waals surface area contributed by atoms with Gasteiger partial charge >= 0.3 is 11.9 Å². The Morgan fingerprint density at radius 2 is 1.56 bits per heavy atom. The molecule has 9 nitrogen and oxygen atoms in total. The normalized spacial score (nSPS) is 8.28. The van der Waals surface area contributed by atoms with Crippen LogP contribution in [-0.2, 0) is 19.1 Å². The summed E-state index contributed by atoms with van der Waals surface area (Å²) in [5.74, 6) is -2.62. The van der Waals surface area contributed by atoms with Crippen molar-refractivity contribution in [3.8, 4) is 0 Å². The summed E-state index contributed by atoms with van der Waals surface area (Å²) in [5, 5.41) is 39.4. The molecule has 0 aromatic carbocycles. The molecule has 0 aliphatic rings. The number of carbonyl (C=O) groups is 3. The highest BCUT2D eigenvalue weighted by molar-refractivity contribution is 5.88. The van der Waals surface area contributed by atoms with Gasteiger partial charge in [0.15, 0.2) is 0 Å². The van der Waals surface area contributed by atoms with Crippen LogP contribution in [0.2, 0.25) is 0 Å². The van der Waals surface area contributed by atoms with E-state index in [0.29, 0.717) is 13.1 Å². The Kier molecular flexibility index (Phi) is 21.2. The average molecular weight is 270 g/mol. The molecule has 0 saturated carbocycles. The van der Waals surface area contributed by atoms with Crippen LogP contribution in [0, 0.1) is 0 Å². The van der Waals surface area contributed by atoms with Crippen LogP contribution in [-0.4, -0.2) is 69.9 Å². The second kappa shape index (κ2) is 17.7. The number of carbonyl (C=O) groups excluding carboxylic acids is 1. The van der Waals surface area contributed by atoms with Crippen molar-refractivity contribution in [2.24, 2.45) is 0 Å². The molecule has 0 aliphatic heterocycles. The first-order valence-electron chi connectivity index (χ1n) is 4.74. The lowest BCUT2D eigenvalue weighted by atomic mass is 10.4. The summed E-state index contributed by atoms with van der Waals surface area (Å²) >= 11 is 0. The van der Waals surface area contributed by atoms with Gasteiger partial charge in [0, 0.05) is 0 Å². The SMILES string of the molecule is CCOC=O.O=C(O)CC(=O)O.OCC(O)CO. The molecule has 0 aliphatic carbocycles. The predicted molar refractivity (Wildman–Crippen MR) is 57.8 cm³/mol. The van der Waals surface area contributed by atoms with E-state index in [0.717, 1.165) is 0 Å². The average Bonchev–Trinajstić information content (AvgIpc) is 2.29. The van der Waals surface area contributed by atoms with Gasteiger partial charge in [-0.25, -0.2) is 0 Å². The second-order valence-electron chi connectivity index (χ2n) is 2.53. The van der Waals surface area contributed by atoms with Crippen LogP contribution in [0.5, 0.6) is 0 Å². The molecule has 0 spiro atoms. The Balaban J connectivity index is -0.000000190. The molecule has 9 heteroatoms. The Morgan fingerprint density at radius 3 is 1.56 bits per heavy atom. The van der Waals surface area contributed by atoms with Crippen molar-refractivity contribution in [3.63, 3.8) is 0 Å². The van der Waals surface area contributed by atoms with E-state index in [1.165, 1.54) is 0 Å². The van der Waals surface area contributed by atoms with Gasteiger partial charge in [0.05, 0.1) is 19.8 Å². The predicted octanol–water partition coefficient (Wildman–Crippen LogP) is -1.94. The third-order valence-electron chi connectivity index (χ3n) is 0.959. The number of aliphatic hydroxyl groups excluding tert-OH is 3. The van der Waals surface area contributed by atoms with Crippen LogP contribution in [0.25, 0.3) is 0 Å². The smallest absolute Gasteiger partial charge is 0.314 e. The first kappa shape index (κ1) is 21.6. The Morgan fingerprint density at radius 1 is 1.17 bits per heavy atom. The number of carboxylic acids is 2. The molecule has 18 heavy (non-hydrogen) atoms. The molecule has 0 unspecified atom stereocenters. The fourth-order valence-corrected chi connectivity index (χ4v) is 0.255. The number of hydrogen-bond acceptors (Lipinski definition) is 7. The molecular weight excluding hydrogens is 252 g/mol. The van der Waals surface area contributed by atoms with Gasteiger partial charge in [-0.2, -0.15) is 0 Å². The van der Waals surface area contributed by atoms with Crippen LogP contribution < -0.4 is 0 Å². The van der Waals surface area contributed by atoms with Crippen LogP contribution >= 0.6 is 0 Å². The van der Waals surface area contributed by atoms with Gasteiger partial charge in [-0.15, -0.1) is 0 Å². The maximum absolute atomic E-state index is 9.43. The van der Waals surface area contributed by atoms with Crippen molar-refractivity contribution in [1.82, 2.24) is 0 Å². The number of aliphatic hydroxyl groups is 3. The van der Waals surface area contributed by atoms with E-state index in [4.69, 9.17) is 25.5 Å². The van der Waals surface area contributed by atoms with Gasteiger partial charge in [-0.3, -0.25) is 14.4 Å². The summed E-state index contributed by atoms with van der Waals surface area (Å²) in [7, 11) is 0. The van der Waals surface area contributed by atoms with E-state index in [9.17, 15) is 14.4 Å². The number of carboxylic acid groups (broad SMARTS) is 2. The van der Waals surface area contributed by atoms with Crippen LogP contribution in [0.3, 0.4) is 0 Å². The number of ether oxygens (including phenoxy) is 1. The van der Waals surface area contributed by atoms with Crippen molar-refractivity contribution < 1.29 is 44.7 Å². The fourth-order valence-electron chi connectivity index (χ4n) is 0.255. The molecule has 0 rings (SSSR count). The zero-order valence-electron chi connectivity index (χ0n) is 9.85. The summed E-state index contributed by atoms with van der Waals surface area (Å²) in [6, 6.07) is 0. The van der Waals surface area contributed by atoms with Gasteiger partial charge in [0.25, 0.3) is 6.47 Å². The Hall–Kier alpha value is -1.71. The molecule has 0 bridgehead atoms. The lowest BCUT2D eigenvalue weighted by Gasteiger charge is -1.96. The molecular formula is C9H18O9. The lowest BCUT2D eigenvalue weighted by molar-refractivity contribution is -0.147. The molecule has 0 aromatic rings. The van der Waals surface area contributed by atoms with Gasteiger partial charge in [0.2, 0.25) is 0 Å². The third-order valence-corrected chi connectivity index (χ3v) is 0.959. The molecule has 0 saturated heterocycles. The topological polar surface area (TPSA) is 162 Å². The highest BCUT2D eigenvalue weighted by Gasteiger charge is 2.01. The Labute approximate surface area is 103 Å². The number of aliphatic carboxylic acids is 2.